The Bertz CT molecular complexity index is 3620. The number of rotatable bonds is 22. The van der Waals surface area contributed by atoms with Gasteiger partial charge in [-0.3, -0.25) is 14.7 Å². The third-order valence-corrected chi connectivity index (χ3v) is 17.6. The van der Waals surface area contributed by atoms with Crippen molar-refractivity contribution in [3.05, 3.63) is 124 Å². The predicted molar refractivity (Wildman–Crippen MR) is 263 cm³/mol. The van der Waals surface area contributed by atoms with Crippen LogP contribution in [0.2, 0.25) is 0 Å². The molecule has 2 heterocycles. The number of nitrogens with zero attached hydrogens (tertiary/aromatic N) is 3. The molecule has 1 atom stereocenters. The molecule has 0 fully saturated rings. The van der Waals surface area contributed by atoms with E-state index in [2.05, 4.69) is 19.5 Å². The number of fused-ring (bicyclic) bond motifs is 2. The van der Waals surface area contributed by atoms with E-state index in [1.165, 1.54) is 12.1 Å². The first-order valence-corrected chi connectivity index (χ1v) is 30.5. The van der Waals surface area contributed by atoms with E-state index in [1.54, 1.807) is 61.3 Å². The molecule has 0 saturated carbocycles. The third-order valence-electron chi connectivity index (χ3n) is 12.9. The van der Waals surface area contributed by atoms with E-state index in [4.69, 9.17) is 6.57 Å². The van der Waals surface area contributed by atoms with Crippen molar-refractivity contribution in [1.82, 2.24) is 0 Å². The molecular formula is C46H47N4Na5O19S6. The van der Waals surface area contributed by atoms with Crippen LogP contribution in [0.5, 0.6) is 0 Å². The summed E-state index contributed by atoms with van der Waals surface area (Å²) >= 11 is 0.643. The van der Waals surface area contributed by atoms with E-state index >= 15 is 0 Å². The summed E-state index contributed by atoms with van der Waals surface area (Å²) < 4.78 is 185. The minimum Gasteiger partial charge on any atom is -0.748 e. The van der Waals surface area contributed by atoms with E-state index < -0.39 is 105 Å². The number of hydrogen-bond donors (Lipinski definition) is 1. The van der Waals surface area contributed by atoms with Crippen molar-refractivity contribution >= 4 is 91.3 Å². The van der Waals surface area contributed by atoms with Crippen molar-refractivity contribution in [3.63, 3.8) is 0 Å². The fourth-order valence-corrected chi connectivity index (χ4v) is 12.5. The number of hydrogen-bond acceptors (Lipinski definition) is 21. The average Bonchev–Trinajstić information content (AvgIpc) is 3.86. The molecule has 0 bridgehead atoms. The Morgan fingerprint density at radius 3 is 1.89 bits per heavy atom. The van der Waals surface area contributed by atoms with Gasteiger partial charge in [-0.05, 0) is 117 Å². The number of nitrogens with one attached hydrogen (secondary N) is 1. The average molecular weight is 1270 g/mol. The maximum Gasteiger partial charge on any atom is 1.00 e. The number of amides is 1. The van der Waals surface area contributed by atoms with Gasteiger partial charge in [0.1, 0.15) is 36.9 Å². The fraction of sp³-hybridized carbons (Fsp3) is 0.370. The zero-order valence-corrected chi connectivity index (χ0v) is 60.1. The molecule has 6 rings (SSSR count). The number of carbonyl (C=O) groups is 1. The zero-order chi connectivity index (χ0) is 55.7. The molecule has 0 radical (unpaired) electrons. The first kappa shape index (κ1) is 77.8. The van der Waals surface area contributed by atoms with Crippen molar-refractivity contribution in [2.24, 2.45) is 0 Å². The van der Waals surface area contributed by atoms with E-state index in [0.717, 1.165) is 11.6 Å². The number of benzene rings is 3. The maximum absolute atomic E-state index is 14.4. The Hall–Kier alpha value is -0.170. The summed E-state index contributed by atoms with van der Waals surface area (Å²) in [5.41, 5.74) is 1.21. The van der Waals surface area contributed by atoms with Gasteiger partial charge in [0, 0.05) is 63.9 Å². The van der Waals surface area contributed by atoms with Crippen LogP contribution in [-0.2, 0) is 75.6 Å². The molecule has 34 heteroatoms. The fourth-order valence-electron chi connectivity index (χ4n) is 9.39. The van der Waals surface area contributed by atoms with Crippen LogP contribution in [0.3, 0.4) is 0 Å². The quantitative estimate of drug-likeness (QED) is 0.0143. The molecule has 23 nitrogen and oxygen atoms in total. The number of unbranched alkanes of at least 4 members (excludes halogenated alkanes) is 2. The maximum atomic E-state index is 14.4. The van der Waals surface area contributed by atoms with Gasteiger partial charge in [0.15, 0.2) is 5.71 Å². The van der Waals surface area contributed by atoms with Gasteiger partial charge in [-0.15, -0.1) is 0 Å². The van der Waals surface area contributed by atoms with Gasteiger partial charge >= 0.3 is 160 Å². The molecule has 1 aliphatic carbocycles. The molecule has 0 aromatic heterocycles. The summed E-state index contributed by atoms with van der Waals surface area (Å²) in [7, 11) is -24.8. The topological polar surface area (TPSA) is 367 Å². The van der Waals surface area contributed by atoms with E-state index in [9.17, 15) is 74.9 Å². The van der Waals surface area contributed by atoms with E-state index in [-0.39, 0.29) is 205 Å². The summed E-state index contributed by atoms with van der Waals surface area (Å²) in [5, 5.41) is 16.3. The van der Waals surface area contributed by atoms with Gasteiger partial charge in [0.05, 0.1) is 63.6 Å². The molecule has 3 aliphatic rings. The molecule has 1 N–H and O–H groups in total. The standard InChI is InChI=1S/C46H52N4O19S6.5Na/c1-45(2)34-26-31(70-69-68-52)14-17-37(34)49(22-6-8-24-71(53,54)55)40(45)20-12-29-10-11-30(42(29)43(47-5)44(51)48-36-28-33(74(62,63)64)16-19-39(36)75(65,66)67)13-21-41-46(3,4)35-27-32(73(59,60)61)15-18-38(35)50(41)23-7-9-25-72(56,57)58;;;;;/h12-21,26-28,43H,6-11,22-25H2,1-4H3,(H6-,48,51,52,53,54,55,56,57,58,59,60,61,62,63,64,65,66,67);;;;;/q;5*+1/p-5. The number of anilines is 2. The second-order valence-electron chi connectivity index (χ2n) is 18.5. The van der Waals surface area contributed by atoms with Crippen molar-refractivity contribution in [3.8, 4) is 0 Å². The van der Waals surface area contributed by atoms with Crippen LogP contribution in [0, 0.1) is 6.57 Å². The zero-order valence-electron chi connectivity index (χ0n) is 45.2. The van der Waals surface area contributed by atoms with E-state index in [0.29, 0.717) is 74.6 Å². The Labute approximate surface area is 581 Å². The van der Waals surface area contributed by atoms with Crippen LogP contribution in [0.4, 0.5) is 17.1 Å². The predicted octanol–water partition coefficient (Wildman–Crippen LogP) is -11.1. The Balaban J connectivity index is 0.00000640. The first-order chi connectivity index (χ1) is 34.7. The SMILES string of the molecule is [C-]#[N+]C(C(=O)Nc1cc(S(=O)(=O)[O-])ccc1S(=O)(=O)[O-])C1=C(C=CC2=[N+](CCCCS(=O)(=O)[O-])c3ccc(SOO[O-])cc3C2(C)C)CCC1=C/C=C1/N(CCCCS(=O)(=O)[O-])c2ccc(S(=O)(=O)[O-])cc2C1(C)C.[Na+].[Na+].[Na+].[Na+].[Na+]. The molecule has 0 spiro atoms. The molecule has 80 heavy (non-hydrogen) atoms. The van der Waals surface area contributed by atoms with Gasteiger partial charge in [0.2, 0.25) is 5.69 Å². The second-order valence-corrected chi connectivity index (χ2v) is 26.4. The smallest absolute Gasteiger partial charge is 0.748 e. The summed E-state index contributed by atoms with van der Waals surface area (Å²) in [6.45, 7) is 15.8. The van der Waals surface area contributed by atoms with Crippen LogP contribution in [0.15, 0.2) is 121 Å². The van der Waals surface area contributed by atoms with Crippen molar-refractivity contribution < 1.29 is 237 Å². The van der Waals surface area contributed by atoms with E-state index in [1.807, 2.05) is 18.4 Å². The Kier molecular flexibility index (Phi) is 30.3. The molecular weight excluding hydrogens is 1220 g/mol. The molecule has 3 aromatic carbocycles. The minimum atomic E-state index is -5.44. The Morgan fingerprint density at radius 2 is 1.32 bits per heavy atom. The normalized spacial score (nSPS) is 17.1. The van der Waals surface area contributed by atoms with Crippen molar-refractivity contribution in [2.45, 2.75) is 103 Å². The molecule has 1 unspecified atom stereocenters. The summed E-state index contributed by atoms with van der Waals surface area (Å²) in [4.78, 5) is 17.6. The third kappa shape index (κ3) is 19.4. The van der Waals surface area contributed by atoms with Crippen LogP contribution < -0.4 is 163 Å². The van der Waals surface area contributed by atoms with Crippen LogP contribution >= 0.6 is 12.0 Å². The first-order valence-electron chi connectivity index (χ1n) is 22.4. The van der Waals surface area contributed by atoms with Gasteiger partial charge in [-0.2, -0.15) is 8.91 Å². The number of allylic oxidation sites excluding steroid dienone is 6. The Morgan fingerprint density at radius 1 is 0.738 bits per heavy atom. The largest absolute Gasteiger partial charge is 1.00 e. The molecule has 1 amide bonds. The van der Waals surface area contributed by atoms with Crippen LogP contribution in [0.25, 0.3) is 4.85 Å². The summed E-state index contributed by atoms with van der Waals surface area (Å²) in [5.74, 6) is -2.55. The van der Waals surface area contributed by atoms with Gasteiger partial charge in [-0.1, -0.05) is 26.0 Å². The summed E-state index contributed by atoms with van der Waals surface area (Å²) in [6, 6.07) is 8.53. The molecule has 406 valence electrons. The van der Waals surface area contributed by atoms with Crippen molar-refractivity contribution in [2.75, 3.05) is 34.8 Å². The summed E-state index contributed by atoms with van der Waals surface area (Å²) in [6.07, 6.45) is 7.15. The van der Waals surface area contributed by atoms with Crippen molar-refractivity contribution in [1.29, 1.82) is 0 Å². The monoisotopic (exact) mass is 1270 g/mol. The van der Waals surface area contributed by atoms with Crippen LogP contribution in [-0.4, -0.2) is 112 Å². The number of carbonyl (C=O) groups excluding carboxylic acids is 1. The van der Waals surface area contributed by atoms with Gasteiger partial charge < -0.3 is 38.2 Å². The second kappa shape index (κ2) is 31.1. The minimum absolute atomic E-state index is 0. The van der Waals surface area contributed by atoms with Gasteiger partial charge in [-0.25, -0.2) is 48.7 Å². The van der Waals surface area contributed by atoms with Crippen LogP contribution in [0.1, 0.15) is 77.3 Å². The molecule has 3 aromatic rings. The molecule has 0 saturated heterocycles. The molecule has 2 aliphatic heterocycles. The van der Waals surface area contributed by atoms with Gasteiger partial charge in [0.25, 0.3) is 0 Å².